The molecule has 3 aromatic rings. The van der Waals surface area contributed by atoms with E-state index < -0.39 is 34.3 Å². The number of benzene rings is 3. The summed E-state index contributed by atoms with van der Waals surface area (Å²) >= 11 is 0. The molecule has 9 nitrogen and oxygen atoms in total. The van der Waals surface area contributed by atoms with Crippen LogP contribution in [0.1, 0.15) is 31.9 Å². The highest BCUT2D eigenvalue weighted by molar-refractivity contribution is 7.92. The highest BCUT2D eigenvalue weighted by atomic mass is 32.2. The summed E-state index contributed by atoms with van der Waals surface area (Å²) in [5, 5.41) is 2.86. The first-order valence-electron chi connectivity index (χ1n) is 13.8. The Labute approximate surface area is 246 Å². The summed E-state index contributed by atoms with van der Waals surface area (Å²) in [6.07, 6.45) is 0. The van der Waals surface area contributed by atoms with Crippen molar-refractivity contribution in [2.24, 2.45) is 5.92 Å². The highest BCUT2D eigenvalue weighted by Gasteiger charge is 2.33. The van der Waals surface area contributed by atoms with Gasteiger partial charge < -0.3 is 19.7 Å². The Morgan fingerprint density at radius 1 is 0.952 bits per heavy atom. The largest absolute Gasteiger partial charge is 0.486 e. The van der Waals surface area contributed by atoms with E-state index in [0.717, 1.165) is 27.6 Å². The lowest BCUT2D eigenvalue weighted by Gasteiger charge is -2.32. The molecule has 224 valence electrons. The third-order valence-corrected chi connectivity index (χ3v) is 8.72. The summed E-state index contributed by atoms with van der Waals surface area (Å²) in [6, 6.07) is 15.6. The van der Waals surface area contributed by atoms with Crippen molar-refractivity contribution in [3.63, 3.8) is 0 Å². The number of halogens is 1. The number of nitrogens with one attached hydrogen (secondary N) is 1. The lowest BCUT2D eigenvalue weighted by molar-refractivity contribution is -0.139. The fourth-order valence-corrected chi connectivity index (χ4v) is 5.88. The Morgan fingerprint density at radius 3 is 2.29 bits per heavy atom. The Hall–Kier alpha value is -4.12. The molecule has 2 amide bonds. The fraction of sp³-hybridized carbons (Fsp3) is 0.355. The van der Waals surface area contributed by atoms with Crippen molar-refractivity contribution in [2.45, 2.75) is 45.2 Å². The molecule has 0 spiro atoms. The number of sulfonamides is 1. The van der Waals surface area contributed by atoms with Crippen molar-refractivity contribution >= 4 is 27.5 Å². The van der Waals surface area contributed by atoms with Crippen molar-refractivity contribution in [3.8, 4) is 11.5 Å². The van der Waals surface area contributed by atoms with Crippen molar-refractivity contribution in [2.75, 3.05) is 30.6 Å². The van der Waals surface area contributed by atoms with E-state index in [1.807, 2.05) is 45.0 Å². The minimum absolute atomic E-state index is 0.0864. The number of aryl methyl sites for hydroxylation is 1. The second kappa shape index (κ2) is 13.2. The zero-order valence-corrected chi connectivity index (χ0v) is 25.0. The number of carbonyl (C=O) groups excluding carboxylic acids is 2. The van der Waals surface area contributed by atoms with Crippen LogP contribution in [0.15, 0.2) is 71.6 Å². The minimum Gasteiger partial charge on any atom is -0.486 e. The van der Waals surface area contributed by atoms with Crippen LogP contribution in [0.3, 0.4) is 0 Å². The molecule has 3 aromatic carbocycles. The normalized spacial score (nSPS) is 13.4. The van der Waals surface area contributed by atoms with Crippen molar-refractivity contribution < 1.29 is 31.9 Å². The number of rotatable bonds is 11. The number of amides is 2. The average Bonchev–Trinajstić information content (AvgIpc) is 2.98. The number of anilines is 1. The molecular weight excluding hydrogens is 561 g/mol. The van der Waals surface area contributed by atoms with Gasteiger partial charge in [-0.2, -0.15) is 0 Å². The van der Waals surface area contributed by atoms with Crippen molar-refractivity contribution in [1.82, 2.24) is 10.2 Å². The van der Waals surface area contributed by atoms with E-state index in [0.29, 0.717) is 18.9 Å². The van der Waals surface area contributed by atoms with Gasteiger partial charge in [-0.05, 0) is 67.3 Å². The highest BCUT2D eigenvalue weighted by Crippen LogP contribution is 2.34. The molecule has 42 heavy (non-hydrogen) atoms. The van der Waals surface area contributed by atoms with Gasteiger partial charge in [0.2, 0.25) is 11.8 Å². The van der Waals surface area contributed by atoms with Gasteiger partial charge in [0.25, 0.3) is 10.0 Å². The standard InChI is InChI=1S/C31H36FN3O6S/c1-21(2)18-33-31(37)23(4)34(19-24-8-6-5-7-22(24)3)30(36)20-35(26-11-9-25(32)10-12-26)42(38,39)27-13-14-28-29(17-27)41-16-15-40-28/h5-14,17,21,23H,15-16,18-20H2,1-4H3,(H,33,37). The van der Waals surface area contributed by atoms with Crippen LogP contribution >= 0.6 is 0 Å². The Kier molecular flexibility index (Phi) is 9.72. The summed E-state index contributed by atoms with van der Waals surface area (Å²) in [5.41, 5.74) is 1.83. The van der Waals surface area contributed by atoms with Crippen LogP contribution in [0, 0.1) is 18.7 Å². The minimum atomic E-state index is -4.35. The van der Waals surface area contributed by atoms with E-state index in [-0.39, 0.29) is 41.3 Å². The topological polar surface area (TPSA) is 105 Å². The van der Waals surface area contributed by atoms with Gasteiger partial charge in [0.05, 0.1) is 10.6 Å². The average molecular weight is 598 g/mol. The van der Waals surface area contributed by atoms with E-state index in [2.05, 4.69) is 5.32 Å². The predicted molar refractivity (Wildman–Crippen MR) is 157 cm³/mol. The molecule has 0 aliphatic carbocycles. The molecule has 1 atom stereocenters. The van der Waals surface area contributed by atoms with Crippen molar-refractivity contribution in [3.05, 3.63) is 83.7 Å². The van der Waals surface area contributed by atoms with E-state index in [4.69, 9.17) is 9.47 Å². The van der Waals surface area contributed by atoms with Gasteiger partial charge in [0.1, 0.15) is 31.6 Å². The van der Waals surface area contributed by atoms with E-state index >= 15 is 0 Å². The first-order valence-corrected chi connectivity index (χ1v) is 15.2. The van der Waals surface area contributed by atoms with Crippen LogP contribution < -0.4 is 19.1 Å². The van der Waals surface area contributed by atoms with Crippen LogP contribution in [-0.2, 0) is 26.2 Å². The first-order chi connectivity index (χ1) is 20.0. The molecule has 0 radical (unpaired) electrons. The van der Waals surface area contributed by atoms with Crippen molar-refractivity contribution in [1.29, 1.82) is 0 Å². The molecule has 0 aromatic heterocycles. The molecule has 1 aliphatic heterocycles. The van der Waals surface area contributed by atoms with Crippen LogP contribution in [0.2, 0.25) is 0 Å². The molecule has 0 fully saturated rings. The third kappa shape index (κ3) is 7.20. The second-order valence-electron chi connectivity index (χ2n) is 10.6. The smallest absolute Gasteiger partial charge is 0.264 e. The molecule has 11 heteroatoms. The number of ether oxygens (including phenoxy) is 2. The van der Waals surface area contributed by atoms with Gasteiger partial charge in [-0.15, -0.1) is 0 Å². The maximum atomic E-state index is 14.0. The summed E-state index contributed by atoms with van der Waals surface area (Å²) in [4.78, 5) is 28.4. The first kappa shape index (κ1) is 30.8. The summed E-state index contributed by atoms with van der Waals surface area (Å²) in [7, 11) is -4.35. The molecule has 1 heterocycles. The van der Waals surface area contributed by atoms with Gasteiger partial charge in [-0.3, -0.25) is 13.9 Å². The maximum Gasteiger partial charge on any atom is 0.264 e. The molecule has 0 saturated carbocycles. The van der Waals surface area contributed by atoms with Gasteiger partial charge >= 0.3 is 0 Å². The fourth-order valence-electron chi connectivity index (χ4n) is 4.45. The zero-order chi connectivity index (χ0) is 30.4. The Bertz CT molecular complexity index is 1530. The van der Waals surface area contributed by atoms with Crippen LogP contribution in [-0.4, -0.2) is 57.5 Å². The van der Waals surface area contributed by atoms with Gasteiger partial charge in [0.15, 0.2) is 11.5 Å². The van der Waals surface area contributed by atoms with Crippen LogP contribution in [0.25, 0.3) is 0 Å². The summed E-state index contributed by atoms with van der Waals surface area (Å²) in [6.45, 7) is 7.93. The number of fused-ring (bicyclic) bond motifs is 1. The maximum absolute atomic E-state index is 14.0. The molecule has 1 unspecified atom stereocenters. The van der Waals surface area contributed by atoms with Gasteiger partial charge in [-0.25, -0.2) is 12.8 Å². The lowest BCUT2D eigenvalue weighted by Crippen LogP contribution is -2.51. The number of hydrogen-bond acceptors (Lipinski definition) is 6. The Balaban J connectivity index is 1.71. The molecule has 1 aliphatic rings. The van der Waals surface area contributed by atoms with E-state index in [9.17, 15) is 22.4 Å². The molecular formula is C31H36FN3O6S. The van der Waals surface area contributed by atoms with E-state index in [1.165, 1.54) is 35.2 Å². The van der Waals surface area contributed by atoms with E-state index in [1.54, 1.807) is 6.92 Å². The lowest BCUT2D eigenvalue weighted by atomic mass is 10.1. The number of hydrogen-bond donors (Lipinski definition) is 1. The predicted octanol–water partition coefficient (Wildman–Crippen LogP) is 4.29. The van der Waals surface area contributed by atoms with Gasteiger partial charge in [-0.1, -0.05) is 38.1 Å². The number of nitrogens with zero attached hydrogens (tertiary/aromatic N) is 2. The molecule has 0 bridgehead atoms. The Morgan fingerprint density at radius 2 is 1.62 bits per heavy atom. The van der Waals surface area contributed by atoms with Crippen LogP contribution in [0.5, 0.6) is 11.5 Å². The second-order valence-corrected chi connectivity index (χ2v) is 12.4. The SMILES string of the molecule is Cc1ccccc1CN(C(=O)CN(c1ccc(F)cc1)S(=O)(=O)c1ccc2c(c1)OCCO2)C(C)C(=O)NCC(C)C. The quantitative estimate of drug-likeness (QED) is 0.354. The molecule has 0 saturated heterocycles. The molecule has 1 N–H and O–H groups in total. The zero-order valence-electron chi connectivity index (χ0n) is 24.2. The van der Waals surface area contributed by atoms with Crippen LogP contribution in [0.4, 0.5) is 10.1 Å². The third-order valence-electron chi connectivity index (χ3n) is 6.95. The molecule has 4 rings (SSSR count). The monoisotopic (exact) mass is 597 g/mol. The summed E-state index contributed by atoms with van der Waals surface area (Å²) < 4.78 is 53.9. The van der Waals surface area contributed by atoms with Gasteiger partial charge in [0, 0.05) is 19.2 Å². The summed E-state index contributed by atoms with van der Waals surface area (Å²) in [5.74, 6) is -0.630. The number of carbonyl (C=O) groups is 2.